The van der Waals surface area contributed by atoms with Gasteiger partial charge < -0.3 is 5.32 Å². The first-order chi connectivity index (χ1) is 9.55. The van der Waals surface area contributed by atoms with Gasteiger partial charge in [-0.15, -0.1) is 21.5 Å². The fourth-order valence-electron chi connectivity index (χ4n) is 1.71. The SMILES string of the molecule is CCc1nc(C(C)C)sc1-c1nnc(NC(C)CC)s1. The molecule has 20 heavy (non-hydrogen) atoms. The molecule has 0 amide bonds. The summed E-state index contributed by atoms with van der Waals surface area (Å²) in [6.45, 7) is 10.8. The van der Waals surface area contributed by atoms with Crippen molar-refractivity contribution in [1.82, 2.24) is 15.2 Å². The first-order valence-electron chi connectivity index (χ1n) is 7.15. The van der Waals surface area contributed by atoms with Crippen molar-refractivity contribution in [2.45, 2.75) is 59.4 Å². The summed E-state index contributed by atoms with van der Waals surface area (Å²) >= 11 is 3.37. The van der Waals surface area contributed by atoms with Crippen molar-refractivity contribution in [3.8, 4) is 9.88 Å². The summed E-state index contributed by atoms with van der Waals surface area (Å²) in [5, 5.41) is 15.0. The zero-order chi connectivity index (χ0) is 14.7. The van der Waals surface area contributed by atoms with Crippen LogP contribution in [0.3, 0.4) is 0 Å². The van der Waals surface area contributed by atoms with Crippen LogP contribution in [0.15, 0.2) is 0 Å². The van der Waals surface area contributed by atoms with E-state index in [1.807, 2.05) is 0 Å². The van der Waals surface area contributed by atoms with Crippen molar-refractivity contribution in [2.24, 2.45) is 0 Å². The van der Waals surface area contributed by atoms with E-state index in [-0.39, 0.29) is 0 Å². The van der Waals surface area contributed by atoms with Gasteiger partial charge in [-0.2, -0.15) is 0 Å². The molecule has 1 unspecified atom stereocenters. The lowest BCUT2D eigenvalue weighted by molar-refractivity contribution is 0.760. The maximum Gasteiger partial charge on any atom is 0.206 e. The van der Waals surface area contributed by atoms with Crippen LogP contribution in [0, 0.1) is 0 Å². The van der Waals surface area contributed by atoms with E-state index >= 15 is 0 Å². The average molecular weight is 310 g/mol. The second-order valence-corrected chi connectivity index (χ2v) is 7.21. The van der Waals surface area contributed by atoms with Crippen LogP contribution in [-0.4, -0.2) is 21.2 Å². The molecule has 0 radical (unpaired) electrons. The van der Waals surface area contributed by atoms with E-state index < -0.39 is 0 Å². The largest absolute Gasteiger partial charge is 0.358 e. The summed E-state index contributed by atoms with van der Waals surface area (Å²) in [6, 6.07) is 0.425. The summed E-state index contributed by atoms with van der Waals surface area (Å²) in [6.07, 6.45) is 2.01. The fraction of sp³-hybridized carbons (Fsp3) is 0.643. The number of thiazole rings is 1. The Labute approximate surface area is 128 Å². The van der Waals surface area contributed by atoms with E-state index in [1.54, 1.807) is 22.7 Å². The molecule has 0 aromatic carbocycles. The Hall–Kier alpha value is -1.01. The number of aryl methyl sites for hydroxylation is 1. The molecule has 2 heterocycles. The van der Waals surface area contributed by atoms with Crippen LogP contribution in [0.5, 0.6) is 0 Å². The highest BCUT2D eigenvalue weighted by molar-refractivity contribution is 7.23. The third kappa shape index (κ3) is 3.35. The molecular formula is C14H22N4S2. The quantitative estimate of drug-likeness (QED) is 0.850. The van der Waals surface area contributed by atoms with Crippen molar-refractivity contribution >= 4 is 27.8 Å². The zero-order valence-electron chi connectivity index (χ0n) is 12.7. The molecule has 1 atom stereocenters. The van der Waals surface area contributed by atoms with Crippen molar-refractivity contribution in [1.29, 1.82) is 0 Å². The Morgan fingerprint density at radius 3 is 2.45 bits per heavy atom. The lowest BCUT2D eigenvalue weighted by Crippen LogP contribution is -2.12. The number of rotatable bonds is 6. The van der Waals surface area contributed by atoms with Crippen LogP contribution in [0.4, 0.5) is 5.13 Å². The molecule has 4 nitrogen and oxygen atoms in total. The highest BCUT2D eigenvalue weighted by Gasteiger charge is 2.17. The van der Waals surface area contributed by atoms with E-state index in [1.165, 1.54) is 9.88 Å². The lowest BCUT2D eigenvalue weighted by atomic mass is 10.2. The molecule has 1 N–H and O–H groups in total. The Bertz CT molecular complexity index is 559. The van der Waals surface area contributed by atoms with Crippen molar-refractivity contribution in [3.63, 3.8) is 0 Å². The van der Waals surface area contributed by atoms with Crippen LogP contribution in [0.25, 0.3) is 9.88 Å². The molecule has 0 bridgehead atoms. The maximum atomic E-state index is 4.73. The predicted molar refractivity (Wildman–Crippen MR) is 87.9 cm³/mol. The Morgan fingerprint density at radius 2 is 1.85 bits per heavy atom. The monoisotopic (exact) mass is 310 g/mol. The summed E-state index contributed by atoms with van der Waals surface area (Å²) in [5.74, 6) is 0.463. The van der Waals surface area contributed by atoms with Gasteiger partial charge in [-0.3, -0.25) is 0 Å². The average Bonchev–Trinajstić information content (AvgIpc) is 3.04. The number of nitrogens with one attached hydrogen (secondary N) is 1. The standard InChI is InChI=1S/C14H22N4S2/c1-6-9(5)15-14-18-17-13(20-14)11-10(7-2)16-12(19-11)8(3)4/h8-9H,6-7H2,1-5H3,(H,15,18). The zero-order valence-corrected chi connectivity index (χ0v) is 14.4. The second-order valence-electron chi connectivity index (χ2n) is 5.20. The smallest absolute Gasteiger partial charge is 0.206 e. The van der Waals surface area contributed by atoms with Gasteiger partial charge in [0.15, 0.2) is 5.01 Å². The Morgan fingerprint density at radius 1 is 1.10 bits per heavy atom. The van der Waals surface area contributed by atoms with E-state index in [0.29, 0.717) is 12.0 Å². The number of hydrogen-bond acceptors (Lipinski definition) is 6. The molecule has 0 aliphatic heterocycles. The molecule has 2 aromatic rings. The normalized spacial score (nSPS) is 12.9. The fourth-order valence-corrected chi connectivity index (χ4v) is 3.81. The van der Waals surface area contributed by atoms with Gasteiger partial charge in [-0.1, -0.05) is 39.0 Å². The molecule has 2 aromatic heterocycles. The highest BCUT2D eigenvalue weighted by atomic mass is 32.1. The maximum absolute atomic E-state index is 4.73. The van der Waals surface area contributed by atoms with E-state index in [9.17, 15) is 0 Å². The molecule has 0 spiro atoms. The lowest BCUT2D eigenvalue weighted by Gasteiger charge is -2.07. The molecule has 110 valence electrons. The van der Waals surface area contributed by atoms with Crippen molar-refractivity contribution in [3.05, 3.63) is 10.7 Å². The molecule has 2 rings (SSSR count). The summed E-state index contributed by atoms with van der Waals surface area (Å²) in [4.78, 5) is 5.91. The van der Waals surface area contributed by atoms with Crippen molar-refractivity contribution < 1.29 is 0 Å². The topological polar surface area (TPSA) is 50.7 Å². The van der Waals surface area contributed by atoms with Gasteiger partial charge in [0.05, 0.1) is 15.6 Å². The minimum absolute atomic E-state index is 0.425. The first-order valence-corrected chi connectivity index (χ1v) is 8.78. The van der Waals surface area contributed by atoms with Crippen LogP contribution < -0.4 is 5.32 Å². The summed E-state index contributed by atoms with van der Waals surface area (Å²) < 4.78 is 0. The second kappa shape index (κ2) is 6.63. The van der Waals surface area contributed by atoms with Crippen LogP contribution >= 0.6 is 22.7 Å². The summed E-state index contributed by atoms with van der Waals surface area (Å²) in [7, 11) is 0. The number of nitrogens with zero attached hydrogens (tertiary/aromatic N) is 3. The Balaban J connectivity index is 2.27. The van der Waals surface area contributed by atoms with Gasteiger partial charge in [-0.25, -0.2) is 4.98 Å². The molecule has 0 aliphatic rings. The van der Waals surface area contributed by atoms with Crippen LogP contribution in [-0.2, 0) is 6.42 Å². The van der Waals surface area contributed by atoms with Gasteiger partial charge in [0, 0.05) is 12.0 Å². The molecule has 0 fully saturated rings. The van der Waals surface area contributed by atoms with E-state index in [0.717, 1.165) is 28.7 Å². The Kier molecular flexibility index (Phi) is 5.10. The number of hydrogen-bond donors (Lipinski definition) is 1. The number of aromatic nitrogens is 3. The third-order valence-electron chi connectivity index (χ3n) is 3.14. The minimum Gasteiger partial charge on any atom is -0.358 e. The van der Waals surface area contributed by atoms with Gasteiger partial charge in [-0.05, 0) is 19.8 Å². The van der Waals surface area contributed by atoms with Gasteiger partial charge >= 0.3 is 0 Å². The molecule has 6 heteroatoms. The van der Waals surface area contributed by atoms with Crippen LogP contribution in [0.1, 0.15) is 57.7 Å². The van der Waals surface area contributed by atoms with E-state index in [2.05, 4.69) is 50.1 Å². The van der Waals surface area contributed by atoms with Gasteiger partial charge in [0.25, 0.3) is 0 Å². The molecular weight excluding hydrogens is 288 g/mol. The summed E-state index contributed by atoms with van der Waals surface area (Å²) in [5.41, 5.74) is 1.14. The third-order valence-corrected chi connectivity index (χ3v) is 5.55. The van der Waals surface area contributed by atoms with E-state index in [4.69, 9.17) is 4.98 Å². The predicted octanol–water partition coefficient (Wildman–Crippen LogP) is 4.56. The van der Waals surface area contributed by atoms with Crippen molar-refractivity contribution in [2.75, 3.05) is 5.32 Å². The first kappa shape index (κ1) is 15.4. The van der Waals surface area contributed by atoms with Crippen LogP contribution in [0.2, 0.25) is 0 Å². The number of anilines is 1. The minimum atomic E-state index is 0.425. The highest BCUT2D eigenvalue weighted by Crippen LogP contribution is 2.36. The van der Waals surface area contributed by atoms with Gasteiger partial charge in [0.2, 0.25) is 5.13 Å². The molecule has 0 saturated carbocycles. The molecule has 0 saturated heterocycles. The molecule has 0 aliphatic carbocycles. The van der Waals surface area contributed by atoms with Gasteiger partial charge in [0.1, 0.15) is 0 Å².